The second kappa shape index (κ2) is 11.1. The van der Waals surface area contributed by atoms with E-state index in [1.54, 1.807) is 31.3 Å². The van der Waals surface area contributed by atoms with Crippen molar-refractivity contribution in [2.75, 3.05) is 18.5 Å². The summed E-state index contributed by atoms with van der Waals surface area (Å²) in [7, 11) is 0. The zero-order valence-corrected chi connectivity index (χ0v) is 18.5. The summed E-state index contributed by atoms with van der Waals surface area (Å²) >= 11 is 1.56. The topological polar surface area (TPSA) is 107 Å². The minimum absolute atomic E-state index is 0.0812. The zero-order valence-electron chi connectivity index (χ0n) is 17.7. The van der Waals surface area contributed by atoms with Crippen molar-refractivity contribution >= 4 is 56.3 Å². The molecule has 32 heavy (non-hydrogen) atoms. The van der Waals surface area contributed by atoms with Gasteiger partial charge in [0.05, 0.1) is 23.4 Å². The Morgan fingerprint density at radius 3 is 2.28 bits per heavy atom. The largest absolute Gasteiger partial charge is 0.464 e. The van der Waals surface area contributed by atoms with Gasteiger partial charge in [0.25, 0.3) is 0 Å². The fraction of sp³-hybridized carbons (Fsp3) is 0.217. The van der Waals surface area contributed by atoms with Crippen LogP contribution in [0.15, 0.2) is 54.6 Å². The number of para-hydroxylation sites is 1. The van der Waals surface area contributed by atoms with Crippen molar-refractivity contribution < 1.29 is 23.9 Å². The highest BCUT2D eigenvalue weighted by Gasteiger charge is 2.30. The van der Waals surface area contributed by atoms with E-state index in [4.69, 9.17) is 9.47 Å². The average molecular weight is 454 g/mol. The standard InChI is InChI=1S/C23H23N3O5S/c1-3-30-21(28)20(22(29)31-4-2)26-19(27)14-11-15-9-12-16(13-10-15)24-23-25-17-7-5-6-8-18(17)32-23/h5-14,20H,3-4H2,1-2H3,(H,24,25)(H,26,27)/b14-11+. The van der Waals surface area contributed by atoms with Crippen LogP contribution in [-0.4, -0.2) is 42.1 Å². The predicted molar refractivity (Wildman–Crippen MR) is 124 cm³/mol. The van der Waals surface area contributed by atoms with Crippen LogP contribution in [0, 0.1) is 0 Å². The summed E-state index contributed by atoms with van der Waals surface area (Å²) in [5.74, 6) is -2.34. The van der Waals surface area contributed by atoms with Crippen molar-refractivity contribution in [3.63, 3.8) is 0 Å². The van der Waals surface area contributed by atoms with Gasteiger partial charge in [0.2, 0.25) is 11.9 Å². The Labute approximate surface area is 189 Å². The fourth-order valence-corrected chi connectivity index (χ4v) is 3.64. The van der Waals surface area contributed by atoms with Gasteiger partial charge in [0.15, 0.2) is 5.13 Å². The van der Waals surface area contributed by atoms with Gasteiger partial charge in [-0.1, -0.05) is 35.6 Å². The molecule has 2 aromatic carbocycles. The first kappa shape index (κ1) is 23.0. The van der Waals surface area contributed by atoms with Crippen molar-refractivity contribution in [1.29, 1.82) is 0 Å². The zero-order chi connectivity index (χ0) is 22.9. The molecule has 1 aromatic heterocycles. The average Bonchev–Trinajstić information content (AvgIpc) is 3.19. The molecular formula is C23H23N3O5S. The molecular weight excluding hydrogens is 430 g/mol. The number of nitrogens with zero attached hydrogens (tertiary/aromatic N) is 1. The smallest absolute Gasteiger partial charge is 0.340 e. The summed E-state index contributed by atoms with van der Waals surface area (Å²) in [6, 6.07) is 13.8. The van der Waals surface area contributed by atoms with Gasteiger partial charge in [0.1, 0.15) is 0 Å². The number of nitrogens with one attached hydrogen (secondary N) is 2. The number of anilines is 2. The molecule has 166 valence electrons. The number of fused-ring (bicyclic) bond motifs is 1. The summed E-state index contributed by atoms with van der Waals surface area (Å²) in [6.07, 6.45) is 2.81. The van der Waals surface area contributed by atoms with Crippen molar-refractivity contribution in [3.8, 4) is 0 Å². The number of aromatic nitrogens is 1. The van der Waals surface area contributed by atoms with Gasteiger partial charge in [-0.2, -0.15) is 0 Å². The molecule has 0 spiro atoms. The highest BCUT2D eigenvalue weighted by Crippen LogP contribution is 2.28. The summed E-state index contributed by atoms with van der Waals surface area (Å²) < 4.78 is 10.8. The molecule has 3 aromatic rings. The van der Waals surface area contributed by atoms with Gasteiger partial charge in [-0.05, 0) is 49.8 Å². The summed E-state index contributed by atoms with van der Waals surface area (Å²) in [4.78, 5) is 40.6. The monoisotopic (exact) mass is 453 g/mol. The first-order chi connectivity index (χ1) is 15.5. The van der Waals surface area contributed by atoms with Gasteiger partial charge < -0.3 is 20.1 Å². The minimum atomic E-state index is -1.51. The van der Waals surface area contributed by atoms with E-state index in [9.17, 15) is 14.4 Å². The third-order valence-corrected chi connectivity index (χ3v) is 5.17. The minimum Gasteiger partial charge on any atom is -0.464 e. The van der Waals surface area contributed by atoms with Crippen LogP contribution in [0.1, 0.15) is 19.4 Å². The van der Waals surface area contributed by atoms with E-state index in [0.29, 0.717) is 0 Å². The lowest BCUT2D eigenvalue weighted by atomic mass is 10.2. The first-order valence-electron chi connectivity index (χ1n) is 10.0. The fourth-order valence-electron chi connectivity index (χ4n) is 2.75. The molecule has 0 aliphatic heterocycles. The van der Waals surface area contributed by atoms with Crippen molar-refractivity contribution in [2.45, 2.75) is 19.9 Å². The Hall–Kier alpha value is -3.72. The molecule has 0 aliphatic rings. The Kier molecular flexibility index (Phi) is 7.93. The quantitative estimate of drug-likeness (QED) is 0.289. The SMILES string of the molecule is CCOC(=O)C(NC(=O)/C=C/c1ccc(Nc2nc3ccccc3s2)cc1)C(=O)OCC. The molecule has 8 nitrogen and oxygen atoms in total. The number of hydrogen-bond acceptors (Lipinski definition) is 8. The summed E-state index contributed by atoms with van der Waals surface area (Å²) in [5.41, 5.74) is 2.56. The lowest BCUT2D eigenvalue weighted by Gasteiger charge is -2.14. The van der Waals surface area contributed by atoms with E-state index >= 15 is 0 Å². The van der Waals surface area contributed by atoms with Crippen LogP contribution in [0.25, 0.3) is 16.3 Å². The maximum atomic E-state index is 12.2. The first-order valence-corrected chi connectivity index (χ1v) is 10.9. The van der Waals surface area contributed by atoms with E-state index < -0.39 is 23.9 Å². The van der Waals surface area contributed by atoms with Gasteiger partial charge in [0, 0.05) is 11.8 Å². The van der Waals surface area contributed by atoms with E-state index in [0.717, 1.165) is 26.6 Å². The van der Waals surface area contributed by atoms with Crippen LogP contribution >= 0.6 is 11.3 Å². The maximum absolute atomic E-state index is 12.2. The number of esters is 2. The van der Waals surface area contributed by atoms with Crippen LogP contribution in [-0.2, 0) is 23.9 Å². The number of thiazole rings is 1. The van der Waals surface area contributed by atoms with E-state index in [1.807, 2.05) is 48.5 Å². The molecule has 0 unspecified atom stereocenters. The Balaban J connectivity index is 1.60. The lowest BCUT2D eigenvalue weighted by Crippen LogP contribution is -2.47. The van der Waals surface area contributed by atoms with E-state index in [-0.39, 0.29) is 13.2 Å². The van der Waals surface area contributed by atoms with Gasteiger partial charge in [-0.25, -0.2) is 14.6 Å². The number of ether oxygens (including phenoxy) is 2. The highest BCUT2D eigenvalue weighted by molar-refractivity contribution is 7.22. The second-order valence-corrected chi connectivity index (χ2v) is 7.54. The number of hydrogen-bond donors (Lipinski definition) is 2. The molecule has 0 saturated carbocycles. The molecule has 1 amide bonds. The van der Waals surface area contributed by atoms with Gasteiger partial charge in [-0.3, -0.25) is 4.79 Å². The molecule has 0 bridgehead atoms. The summed E-state index contributed by atoms with van der Waals surface area (Å²) in [6.45, 7) is 3.38. The molecule has 0 fully saturated rings. The van der Waals surface area contributed by atoms with Crippen LogP contribution in [0.4, 0.5) is 10.8 Å². The Morgan fingerprint density at radius 1 is 1.00 bits per heavy atom. The third kappa shape index (κ3) is 6.14. The van der Waals surface area contributed by atoms with Crippen molar-refractivity contribution in [2.24, 2.45) is 0 Å². The Morgan fingerprint density at radius 2 is 1.66 bits per heavy atom. The van der Waals surface area contributed by atoms with Crippen LogP contribution < -0.4 is 10.6 Å². The van der Waals surface area contributed by atoms with Crippen molar-refractivity contribution in [3.05, 3.63) is 60.2 Å². The van der Waals surface area contributed by atoms with Crippen LogP contribution in [0.3, 0.4) is 0 Å². The number of amides is 1. The molecule has 0 radical (unpaired) electrons. The maximum Gasteiger partial charge on any atom is 0.340 e. The van der Waals surface area contributed by atoms with Gasteiger partial charge in [-0.15, -0.1) is 0 Å². The molecule has 0 aliphatic carbocycles. The number of rotatable bonds is 9. The van der Waals surface area contributed by atoms with Crippen LogP contribution in [0.2, 0.25) is 0 Å². The number of carbonyl (C=O) groups is 3. The van der Waals surface area contributed by atoms with Gasteiger partial charge >= 0.3 is 11.9 Å². The molecule has 9 heteroatoms. The Bertz CT molecular complexity index is 1070. The molecule has 0 atom stereocenters. The normalized spacial score (nSPS) is 11.0. The second-order valence-electron chi connectivity index (χ2n) is 6.51. The van der Waals surface area contributed by atoms with Crippen molar-refractivity contribution in [1.82, 2.24) is 10.3 Å². The lowest BCUT2D eigenvalue weighted by molar-refractivity contribution is -0.159. The van der Waals surface area contributed by atoms with E-state index in [1.165, 1.54) is 6.08 Å². The highest BCUT2D eigenvalue weighted by atomic mass is 32.1. The molecule has 3 rings (SSSR count). The molecule has 0 saturated heterocycles. The van der Waals surface area contributed by atoms with E-state index in [2.05, 4.69) is 15.6 Å². The third-order valence-electron chi connectivity index (χ3n) is 4.21. The molecule has 2 N–H and O–H groups in total. The predicted octanol–water partition coefficient (Wildman–Crippen LogP) is 3.66. The number of benzene rings is 2. The summed E-state index contributed by atoms with van der Waals surface area (Å²) in [5, 5.41) is 6.37. The van der Waals surface area contributed by atoms with Crippen LogP contribution in [0.5, 0.6) is 0 Å². The number of carbonyl (C=O) groups excluding carboxylic acids is 3. The molecule has 1 heterocycles.